The van der Waals surface area contributed by atoms with Crippen LogP contribution in [0.2, 0.25) is 0 Å². The largest absolute Gasteiger partial charge is 0.493 e. The Morgan fingerprint density at radius 3 is 2.75 bits per heavy atom. The first kappa shape index (κ1) is 22.2. The van der Waals surface area contributed by atoms with Crippen LogP contribution in [-0.2, 0) is 13.1 Å². The molecule has 0 spiro atoms. The molecule has 0 amide bonds. The second kappa shape index (κ2) is 12.4. The fourth-order valence-electron chi connectivity index (χ4n) is 3.00. The summed E-state index contributed by atoms with van der Waals surface area (Å²) in [5, 5.41) is 13.7. The van der Waals surface area contributed by atoms with E-state index in [1.807, 2.05) is 30.7 Å². The molecule has 1 aromatic heterocycles. The Morgan fingerprint density at radius 2 is 2.07 bits per heavy atom. The summed E-state index contributed by atoms with van der Waals surface area (Å²) in [6.45, 7) is 9.49. The van der Waals surface area contributed by atoms with E-state index in [2.05, 4.69) is 33.6 Å². The van der Waals surface area contributed by atoms with E-state index < -0.39 is 6.10 Å². The van der Waals surface area contributed by atoms with Gasteiger partial charge >= 0.3 is 0 Å². The number of hydrogen-bond acceptors (Lipinski definition) is 6. The number of aliphatic hydroxyl groups is 1. The van der Waals surface area contributed by atoms with Crippen LogP contribution in [0, 0.1) is 0 Å². The molecular formula is C21H34N4O3. The maximum Gasteiger partial charge on any atom is 0.161 e. The minimum atomic E-state index is -0.533. The molecule has 2 N–H and O–H groups in total. The number of likely N-dealkylation sites (N-methyl/N-ethyl adjacent to an activating group) is 1. The van der Waals surface area contributed by atoms with Crippen molar-refractivity contribution in [3.05, 3.63) is 42.5 Å². The number of ether oxygens (including phenoxy) is 2. The van der Waals surface area contributed by atoms with Gasteiger partial charge in [0.05, 0.1) is 13.4 Å². The van der Waals surface area contributed by atoms with Crippen molar-refractivity contribution in [3.8, 4) is 11.5 Å². The fourth-order valence-corrected chi connectivity index (χ4v) is 3.00. The lowest BCUT2D eigenvalue weighted by atomic mass is 10.2. The average molecular weight is 391 g/mol. The summed E-state index contributed by atoms with van der Waals surface area (Å²) in [5.41, 5.74) is 1.12. The highest BCUT2D eigenvalue weighted by Gasteiger charge is 2.12. The lowest BCUT2D eigenvalue weighted by Gasteiger charge is -2.22. The van der Waals surface area contributed by atoms with Gasteiger partial charge in [0.2, 0.25) is 0 Å². The van der Waals surface area contributed by atoms with Gasteiger partial charge in [-0.3, -0.25) is 0 Å². The van der Waals surface area contributed by atoms with Crippen molar-refractivity contribution in [1.82, 2.24) is 19.8 Å². The van der Waals surface area contributed by atoms with Crippen molar-refractivity contribution < 1.29 is 14.6 Å². The highest BCUT2D eigenvalue weighted by atomic mass is 16.5. The molecule has 0 aliphatic rings. The Kier molecular flexibility index (Phi) is 9.82. The molecule has 0 fully saturated rings. The van der Waals surface area contributed by atoms with Gasteiger partial charge in [0.25, 0.3) is 0 Å². The second-order valence-electron chi connectivity index (χ2n) is 6.77. The number of imidazole rings is 1. The number of aryl methyl sites for hydroxylation is 1. The van der Waals surface area contributed by atoms with Crippen LogP contribution in [0.4, 0.5) is 0 Å². The topological polar surface area (TPSA) is 71.8 Å². The van der Waals surface area contributed by atoms with Crippen molar-refractivity contribution >= 4 is 0 Å². The molecular weight excluding hydrogens is 356 g/mol. The smallest absolute Gasteiger partial charge is 0.161 e. The van der Waals surface area contributed by atoms with Crippen LogP contribution in [0.15, 0.2) is 36.9 Å². The van der Waals surface area contributed by atoms with Crippen LogP contribution < -0.4 is 14.8 Å². The van der Waals surface area contributed by atoms with Gasteiger partial charge in [-0.25, -0.2) is 4.98 Å². The SMILES string of the molecule is CCN(CC)C[C@@H](O)COc1cc(CNCCCn2ccnc2)ccc1OC. The van der Waals surface area contributed by atoms with E-state index in [1.165, 1.54) is 0 Å². The van der Waals surface area contributed by atoms with Gasteiger partial charge in [0.15, 0.2) is 11.5 Å². The highest BCUT2D eigenvalue weighted by Crippen LogP contribution is 2.28. The molecule has 7 nitrogen and oxygen atoms in total. The van der Waals surface area contributed by atoms with Crippen LogP contribution in [0.1, 0.15) is 25.8 Å². The zero-order valence-corrected chi connectivity index (χ0v) is 17.3. The predicted octanol–water partition coefficient (Wildman–Crippen LogP) is 2.15. The number of nitrogens with one attached hydrogen (secondary N) is 1. The first-order valence-electron chi connectivity index (χ1n) is 10.0. The standard InChI is InChI=1S/C21H34N4O3/c1-4-24(5-2)15-19(26)16-28-21-13-18(7-8-20(21)27-3)14-22-9-6-11-25-12-10-23-17-25/h7-8,10,12-13,17,19,22,26H,4-6,9,11,14-16H2,1-3H3/t19-/m1/s1. The zero-order chi connectivity index (χ0) is 20.2. The Balaban J connectivity index is 1.79. The Hall–Kier alpha value is -2.09. The molecule has 0 saturated heterocycles. The fraction of sp³-hybridized carbons (Fsp3) is 0.571. The molecule has 0 unspecified atom stereocenters. The number of rotatable bonds is 14. The molecule has 2 rings (SSSR count). The van der Waals surface area contributed by atoms with E-state index in [1.54, 1.807) is 13.3 Å². The summed E-state index contributed by atoms with van der Waals surface area (Å²) in [4.78, 5) is 6.22. The number of methoxy groups -OCH3 is 1. The van der Waals surface area contributed by atoms with Gasteiger partial charge in [0, 0.05) is 32.0 Å². The normalized spacial score (nSPS) is 12.3. The molecule has 2 aromatic rings. The molecule has 7 heteroatoms. The van der Waals surface area contributed by atoms with Gasteiger partial charge in [-0.1, -0.05) is 19.9 Å². The van der Waals surface area contributed by atoms with Gasteiger partial charge in [-0.05, 0) is 43.8 Å². The first-order valence-corrected chi connectivity index (χ1v) is 10.0. The Morgan fingerprint density at radius 1 is 1.25 bits per heavy atom. The number of aromatic nitrogens is 2. The van der Waals surface area contributed by atoms with Crippen LogP contribution in [0.25, 0.3) is 0 Å². The zero-order valence-electron chi connectivity index (χ0n) is 17.3. The maximum absolute atomic E-state index is 10.2. The molecule has 156 valence electrons. The van der Waals surface area contributed by atoms with E-state index in [4.69, 9.17) is 9.47 Å². The number of aliphatic hydroxyl groups excluding tert-OH is 1. The lowest BCUT2D eigenvalue weighted by molar-refractivity contribution is 0.0705. The average Bonchev–Trinajstić information content (AvgIpc) is 3.23. The maximum atomic E-state index is 10.2. The van der Waals surface area contributed by atoms with Crippen molar-refractivity contribution in [2.75, 3.05) is 39.9 Å². The first-order chi connectivity index (χ1) is 13.7. The third-order valence-electron chi connectivity index (χ3n) is 4.68. The molecule has 1 heterocycles. The minimum absolute atomic E-state index is 0.245. The van der Waals surface area contributed by atoms with Crippen LogP contribution in [-0.4, -0.2) is 65.6 Å². The van der Waals surface area contributed by atoms with Crippen LogP contribution in [0.5, 0.6) is 11.5 Å². The highest BCUT2D eigenvalue weighted by molar-refractivity contribution is 5.43. The molecule has 1 atom stereocenters. The molecule has 0 aliphatic carbocycles. The summed E-state index contributed by atoms with van der Waals surface area (Å²) in [5.74, 6) is 1.35. The van der Waals surface area contributed by atoms with Crippen molar-refractivity contribution in [3.63, 3.8) is 0 Å². The van der Waals surface area contributed by atoms with E-state index in [9.17, 15) is 5.11 Å². The minimum Gasteiger partial charge on any atom is -0.493 e. The third kappa shape index (κ3) is 7.50. The summed E-state index contributed by atoms with van der Waals surface area (Å²) in [6.07, 6.45) is 6.11. The van der Waals surface area contributed by atoms with Gasteiger partial charge in [-0.2, -0.15) is 0 Å². The van der Waals surface area contributed by atoms with Gasteiger partial charge < -0.3 is 29.4 Å². The van der Waals surface area contributed by atoms with Crippen molar-refractivity contribution in [2.24, 2.45) is 0 Å². The second-order valence-corrected chi connectivity index (χ2v) is 6.77. The van der Waals surface area contributed by atoms with E-state index in [-0.39, 0.29) is 6.61 Å². The van der Waals surface area contributed by atoms with E-state index >= 15 is 0 Å². The predicted molar refractivity (Wildman–Crippen MR) is 111 cm³/mol. The molecule has 1 aromatic carbocycles. The molecule has 0 bridgehead atoms. The van der Waals surface area contributed by atoms with Gasteiger partial charge in [0.1, 0.15) is 12.7 Å². The van der Waals surface area contributed by atoms with Crippen LogP contribution in [0.3, 0.4) is 0 Å². The molecule has 0 saturated carbocycles. The van der Waals surface area contributed by atoms with Gasteiger partial charge in [-0.15, -0.1) is 0 Å². The Bertz CT molecular complexity index is 660. The summed E-state index contributed by atoms with van der Waals surface area (Å²) in [6, 6.07) is 5.92. The Labute approximate surface area is 168 Å². The summed E-state index contributed by atoms with van der Waals surface area (Å²) < 4.78 is 13.3. The van der Waals surface area contributed by atoms with Crippen molar-refractivity contribution in [2.45, 2.75) is 39.5 Å². The third-order valence-corrected chi connectivity index (χ3v) is 4.68. The quantitative estimate of drug-likeness (QED) is 0.482. The van der Waals surface area contributed by atoms with E-state index in [0.29, 0.717) is 18.0 Å². The molecule has 0 aliphatic heterocycles. The van der Waals surface area contributed by atoms with E-state index in [0.717, 1.165) is 44.7 Å². The molecule has 0 radical (unpaired) electrons. The number of benzene rings is 1. The lowest BCUT2D eigenvalue weighted by Crippen LogP contribution is -2.35. The number of nitrogens with zero attached hydrogens (tertiary/aromatic N) is 3. The number of hydrogen-bond donors (Lipinski definition) is 2. The van der Waals surface area contributed by atoms with Crippen molar-refractivity contribution in [1.29, 1.82) is 0 Å². The summed E-state index contributed by atoms with van der Waals surface area (Å²) >= 11 is 0. The summed E-state index contributed by atoms with van der Waals surface area (Å²) in [7, 11) is 1.63. The molecule has 28 heavy (non-hydrogen) atoms. The monoisotopic (exact) mass is 390 g/mol. The van der Waals surface area contributed by atoms with Crippen LogP contribution >= 0.6 is 0 Å².